The maximum absolute atomic E-state index is 14.3. The van der Waals surface area contributed by atoms with Gasteiger partial charge in [0.05, 0.1) is 85.5 Å². The van der Waals surface area contributed by atoms with E-state index in [1.54, 1.807) is 60.1 Å². The summed E-state index contributed by atoms with van der Waals surface area (Å²) in [6, 6.07) is 5.97. The van der Waals surface area contributed by atoms with Gasteiger partial charge in [0.2, 0.25) is 0 Å². The highest BCUT2D eigenvalue weighted by Crippen LogP contribution is 2.48. The Kier molecular flexibility index (Phi) is 22.2. The van der Waals surface area contributed by atoms with Crippen LogP contribution >= 0.6 is 0 Å². The van der Waals surface area contributed by atoms with Gasteiger partial charge in [-0.2, -0.15) is 0 Å². The van der Waals surface area contributed by atoms with Crippen molar-refractivity contribution in [2.45, 2.75) is 211 Å². The van der Waals surface area contributed by atoms with Gasteiger partial charge in [0, 0.05) is 74.8 Å². The molecule has 0 radical (unpaired) electrons. The Bertz CT molecular complexity index is 2860. The second-order valence-corrected chi connectivity index (χ2v) is 24.4. The van der Waals surface area contributed by atoms with E-state index in [0.717, 1.165) is 12.0 Å². The first-order valence-corrected chi connectivity index (χ1v) is 30.3. The minimum absolute atomic E-state index is 0.0317. The lowest BCUT2D eigenvalue weighted by molar-refractivity contribution is -0.385. The monoisotopic (exact) mass is 1220 g/mol. The highest BCUT2D eigenvalue weighted by Gasteiger charge is 2.60. The number of dihydropyridines is 1. The summed E-state index contributed by atoms with van der Waals surface area (Å²) >= 11 is 0. The van der Waals surface area contributed by atoms with E-state index in [4.69, 9.17) is 56.8 Å². The Balaban J connectivity index is 0.000000328. The molecule has 8 aliphatic rings. The van der Waals surface area contributed by atoms with Gasteiger partial charge in [0.25, 0.3) is 5.69 Å². The zero-order valence-corrected chi connectivity index (χ0v) is 52.5. The summed E-state index contributed by atoms with van der Waals surface area (Å²) in [6.07, 6.45) is 8.55. The van der Waals surface area contributed by atoms with Gasteiger partial charge in [-0.1, -0.05) is 88.8 Å². The number of carbonyl (C=O) groups is 3. The third-order valence-corrected chi connectivity index (χ3v) is 18.5. The average molecular weight is 1220 g/mol. The molecule has 0 aromatic heterocycles. The Hall–Kier alpha value is -5.47. The van der Waals surface area contributed by atoms with Crippen LogP contribution in [0.5, 0.6) is 0 Å². The van der Waals surface area contributed by atoms with Crippen LogP contribution in [0.2, 0.25) is 0 Å². The smallest absolute Gasteiger partial charge is 0.336 e. The summed E-state index contributed by atoms with van der Waals surface area (Å²) in [5.74, 6) is -4.89. The van der Waals surface area contributed by atoms with E-state index in [1.807, 2.05) is 32.1 Å². The molecule has 480 valence electrons. The van der Waals surface area contributed by atoms with E-state index in [2.05, 4.69) is 45.2 Å². The number of nitrogens with zero attached hydrogens (tertiary/aromatic N) is 1. The molecule has 4 fully saturated rings. The molecule has 4 N–H and O–H groups in total. The van der Waals surface area contributed by atoms with Crippen molar-refractivity contribution in [3.8, 4) is 0 Å². The van der Waals surface area contributed by atoms with Crippen LogP contribution in [0.15, 0.2) is 106 Å². The predicted molar refractivity (Wildman–Crippen MR) is 316 cm³/mol. The molecule has 1 aromatic carbocycles. The molecule has 2 bridgehead atoms. The molecule has 87 heavy (non-hydrogen) atoms. The number of hydrogen-bond acceptors (Lipinski definition) is 21. The fourth-order valence-electron chi connectivity index (χ4n) is 13.5. The van der Waals surface area contributed by atoms with Crippen molar-refractivity contribution in [2.75, 3.05) is 35.0 Å². The molecular formula is C65H90N2O20. The van der Waals surface area contributed by atoms with Crippen molar-refractivity contribution >= 4 is 23.6 Å². The Labute approximate surface area is 510 Å². The number of aliphatic hydroxyl groups excluding tert-OH is 2. The molecule has 20 unspecified atom stereocenters. The molecular weight excluding hydrogens is 1130 g/mol. The molecule has 22 nitrogen and oxygen atoms in total. The lowest BCUT2D eigenvalue weighted by Gasteiger charge is -2.48. The quantitative estimate of drug-likeness (QED) is 0.0517. The fourth-order valence-corrected chi connectivity index (χ4v) is 13.5. The van der Waals surface area contributed by atoms with E-state index in [9.17, 15) is 39.8 Å². The summed E-state index contributed by atoms with van der Waals surface area (Å²) in [6.45, 7) is 19.4. The summed E-state index contributed by atoms with van der Waals surface area (Å²) in [7, 11) is 5.64. The molecule has 7 heterocycles. The number of nitro benzene ring substituents is 1. The van der Waals surface area contributed by atoms with Crippen LogP contribution in [0, 0.1) is 33.8 Å². The number of methoxy groups -OCH3 is 4. The number of nitrogens with one attached hydrogen (secondary N) is 1. The van der Waals surface area contributed by atoms with Gasteiger partial charge in [0.1, 0.15) is 42.0 Å². The standard InChI is InChI=1S/C48H72O14.C17H18N2O6/c1-11-25(2)43-28(5)17-18-47(62-43)23-34-20-33(61-47)16-15-27(4)42(26(3)13-12-14-32-24-55-45-40(49)29(6)19-35(46(51)58-34)48(32,45)52)59-39-22-37(54-10)44(31(8)57-39)60-38-21-36(53-9)41(50)30(7)56-38;1-9-13(16(20)24-3)15(14(10(2)18-9)17(21)25-4)11-7-5-6-8-12(11)19(22)23/h12-15,17-19,25-26,28,30-31,33-45,49-50,52H,11,16,20-24H2,1-10H3;5-8,15,18H,1-4H3. The van der Waals surface area contributed by atoms with Crippen molar-refractivity contribution < 1.29 is 91.5 Å². The third-order valence-electron chi connectivity index (χ3n) is 18.5. The summed E-state index contributed by atoms with van der Waals surface area (Å²) < 4.78 is 73.3. The van der Waals surface area contributed by atoms with Crippen LogP contribution in [0.4, 0.5) is 5.69 Å². The number of ether oxygens (including phenoxy) is 12. The van der Waals surface area contributed by atoms with Crippen LogP contribution in [0.1, 0.15) is 119 Å². The molecule has 9 rings (SSSR count). The second-order valence-electron chi connectivity index (χ2n) is 24.4. The van der Waals surface area contributed by atoms with Crippen molar-refractivity contribution in [1.82, 2.24) is 5.32 Å². The van der Waals surface area contributed by atoms with E-state index >= 15 is 0 Å². The summed E-state index contributed by atoms with van der Waals surface area (Å²) in [4.78, 5) is 49.9. The van der Waals surface area contributed by atoms with Crippen LogP contribution < -0.4 is 5.32 Å². The van der Waals surface area contributed by atoms with E-state index in [0.29, 0.717) is 54.6 Å². The maximum atomic E-state index is 14.3. The molecule has 1 aromatic rings. The number of carbonyl (C=O) groups excluding carboxylic acids is 3. The number of esters is 3. The summed E-state index contributed by atoms with van der Waals surface area (Å²) in [5.41, 5.74) is 1.33. The molecule has 20 atom stereocenters. The average Bonchev–Trinajstić information content (AvgIpc) is 1.78. The van der Waals surface area contributed by atoms with E-state index < -0.39 is 114 Å². The number of aliphatic hydroxyl groups is 3. The SMILES string of the molecule is CCC(C)C1OC2(C=CC1C)CC1CC(CC=C(C)C(OC3CC(OC)C(OC4CC(OC)C(O)C(C)O4)C(C)O3)C(C)C=CC=C3COC4C(O)C(C)=CC(C(=O)O1)C34O)O2.COC(=O)C1=C(C)NC(C)=C(C(=O)OC)C1c1ccccc1[N+](=O)[O-]. The lowest BCUT2D eigenvalue weighted by atomic mass is 9.71. The Morgan fingerprint density at radius 1 is 0.839 bits per heavy atom. The molecule has 0 saturated carbocycles. The number of rotatable bonds is 12. The zero-order valence-electron chi connectivity index (χ0n) is 52.5. The number of hydrogen-bond donors (Lipinski definition) is 4. The molecule has 1 spiro atoms. The van der Waals surface area contributed by atoms with Gasteiger partial charge in [-0.3, -0.25) is 14.9 Å². The largest absolute Gasteiger partial charge is 0.466 e. The molecule has 1 aliphatic carbocycles. The van der Waals surface area contributed by atoms with Crippen LogP contribution in [0.3, 0.4) is 0 Å². The normalized spacial score (nSPS) is 37.7. The zero-order chi connectivity index (χ0) is 63.4. The second kappa shape index (κ2) is 28.6. The van der Waals surface area contributed by atoms with Crippen molar-refractivity contribution in [3.63, 3.8) is 0 Å². The molecule has 22 heteroatoms. The molecule has 4 saturated heterocycles. The Morgan fingerprint density at radius 2 is 1.48 bits per heavy atom. The van der Waals surface area contributed by atoms with Gasteiger partial charge in [-0.05, 0) is 76.7 Å². The number of benzene rings is 1. The summed E-state index contributed by atoms with van der Waals surface area (Å²) in [5, 5.41) is 48.6. The minimum Gasteiger partial charge on any atom is -0.466 e. The topological polar surface area (TPSA) is 278 Å². The van der Waals surface area contributed by atoms with Crippen molar-refractivity contribution in [3.05, 3.63) is 122 Å². The van der Waals surface area contributed by atoms with Gasteiger partial charge >= 0.3 is 17.9 Å². The minimum atomic E-state index is -1.84. The van der Waals surface area contributed by atoms with Crippen LogP contribution in [0.25, 0.3) is 0 Å². The van der Waals surface area contributed by atoms with Crippen molar-refractivity contribution in [1.29, 1.82) is 0 Å². The Morgan fingerprint density at radius 3 is 2.13 bits per heavy atom. The van der Waals surface area contributed by atoms with Gasteiger partial charge in [-0.25, -0.2) is 9.59 Å². The third kappa shape index (κ3) is 14.3. The number of para-hydroxylation sites is 1. The highest BCUT2D eigenvalue weighted by atomic mass is 16.7. The molecule has 0 amide bonds. The van der Waals surface area contributed by atoms with Gasteiger partial charge in [0.15, 0.2) is 18.4 Å². The fraction of sp³-hybridized carbons (Fsp3) is 0.646. The van der Waals surface area contributed by atoms with E-state index in [-0.39, 0.29) is 65.1 Å². The van der Waals surface area contributed by atoms with Gasteiger partial charge < -0.3 is 77.5 Å². The van der Waals surface area contributed by atoms with Crippen molar-refractivity contribution in [2.24, 2.45) is 23.7 Å². The first kappa shape index (κ1) is 67.5. The first-order chi connectivity index (χ1) is 41.3. The van der Waals surface area contributed by atoms with Gasteiger partial charge in [-0.15, -0.1) is 0 Å². The number of fused-ring (bicyclic) bond motifs is 2. The van der Waals surface area contributed by atoms with Crippen LogP contribution in [-0.2, 0) is 71.2 Å². The number of allylic oxidation sites excluding steroid dienone is 4. The number of nitro groups is 1. The van der Waals surface area contributed by atoms with Crippen LogP contribution in [-0.4, -0.2) is 170 Å². The highest BCUT2D eigenvalue weighted by molar-refractivity contribution is 6.00. The molecule has 7 aliphatic heterocycles. The van der Waals surface area contributed by atoms with E-state index in [1.165, 1.54) is 32.4 Å². The maximum Gasteiger partial charge on any atom is 0.336 e. The lowest BCUT2D eigenvalue weighted by Crippen LogP contribution is -2.58. The predicted octanol–water partition coefficient (Wildman–Crippen LogP) is 7.55. The first-order valence-electron chi connectivity index (χ1n) is 30.3.